The number of benzene rings is 5. The molecule has 0 heterocycles. The molecule has 35 heavy (non-hydrogen) atoms. The van der Waals surface area contributed by atoms with Crippen molar-refractivity contribution in [1.29, 1.82) is 0 Å². The Kier molecular flexibility index (Phi) is 6.86. The summed E-state index contributed by atoms with van der Waals surface area (Å²) < 4.78 is 6.06. The zero-order chi connectivity index (χ0) is 24.0. The van der Waals surface area contributed by atoms with E-state index in [-0.39, 0.29) is 0 Å². The van der Waals surface area contributed by atoms with Crippen molar-refractivity contribution in [2.24, 2.45) is 0 Å². The number of halogens is 1. The number of ether oxygens (including phenoxy) is 1. The van der Waals surface area contributed by atoms with Gasteiger partial charge in [-0.15, -0.1) is 0 Å². The molecular weight excluding hydrogens is 511 g/mol. The minimum absolute atomic E-state index is 0.566. The monoisotopic (exact) mass is 538 g/mol. The Morgan fingerprint density at radius 3 is 1.29 bits per heavy atom. The summed E-state index contributed by atoms with van der Waals surface area (Å²) in [7, 11) is 0. The van der Waals surface area contributed by atoms with Crippen LogP contribution in [0.3, 0.4) is 0 Å². The van der Waals surface area contributed by atoms with Gasteiger partial charge in [0.15, 0.2) is 0 Å². The molecule has 5 rings (SSSR count). The van der Waals surface area contributed by atoms with Gasteiger partial charge in [0.2, 0.25) is 0 Å². The Morgan fingerprint density at radius 2 is 0.857 bits per heavy atom. The van der Waals surface area contributed by atoms with E-state index in [1.807, 2.05) is 18.2 Å². The average Bonchev–Trinajstić information content (AvgIpc) is 2.95. The third-order valence-electron chi connectivity index (χ3n) is 6.53. The zero-order valence-corrected chi connectivity index (χ0v) is 22.0. The Bertz CT molecular complexity index is 1260. The molecule has 1 nitrogen and oxygen atoms in total. The molecule has 0 aliphatic carbocycles. The minimum atomic E-state index is -3.00. The molecule has 0 atom stereocenters. The molecule has 3 heteroatoms. The molecular formula is C32H28BrOP. The van der Waals surface area contributed by atoms with Gasteiger partial charge >= 0.3 is 217 Å². The van der Waals surface area contributed by atoms with Crippen LogP contribution in [0, 0.1) is 0 Å². The van der Waals surface area contributed by atoms with Crippen LogP contribution >= 0.6 is 20.8 Å². The van der Waals surface area contributed by atoms with Gasteiger partial charge in [0.05, 0.1) is 0 Å². The van der Waals surface area contributed by atoms with Gasteiger partial charge in [-0.1, -0.05) is 0 Å². The zero-order valence-electron chi connectivity index (χ0n) is 19.5. The molecule has 0 bridgehead atoms. The van der Waals surface area contributed by atoms with Crippen LogP contribution < -0.4 is 20.7 Å². The van der Waals surface area contributed by atoms with Crippen LogP contribution in [0.4, 0.5) is 0 Å². The summed E-state index contributed by atoms with van der Waals surface area (Å²) in [5, 5.41) is 0.959. The van der Waals surface area contributed by atoms with Crippen molar-refractivity contribution in [3.8, 4) is 5.75 Å². The molecule has 174 valence electrons. The van der Waals surface area contributed by atoms with Crippen molar-refractivity contribution in [2.75, 3.05) is 0 Å². The standard InChI is InChI=1S/C32H28BrOP/c33-35(30-15-7-2-8-16-30,31-17-9-3-10-18-31,32-19-11-4-12-20-32)26-28-21-23-29(24-22-28)34-25-27-13-5-1-6-14-27/h1-24H,25-26H2. The Morgan fingerprint density at radius 1 is 0.457 bits per heavy atom. The van der Waals surface area contributed by atoms with E-state index in [4.69, 9.17) is 4.74 Å². The van der Waals surface area contributed by atoms with E-state index in [9.17, 15) is 0 Å². The van der Waals surface area contributed by atoms with Crippen LogP contribution in [0.1, 0.15) is 11.1 Å². The fourth-order valence-corrected chi connectivity index (χ4v) is 12.4. The second-order valence-corrected chi connectivity index (χ2v) is 17.7. The maximum absolute atomic E-state index is 6.06. The van der Waals surface area contributed by atoms with Gasteiger partial charge in [0, 0.05) is 0 Å². The summed E-state index contributed by atoms with van der Waals surface area (Å²) in [5.74, 6) is 0.881. The topological polar surface area (TPSA) is 9.23 Å². The predicted octanol–water partition coefficient (Wildman–Crippen LogP) is 7.61. The number of rotatable bonds is 8. The molecule has 0 N–H and O–H groups in total. The van der Waals surface area contributed by atoms with Crippen molar-refractivity contribution >= 4 is 36.7 Å². The third kappa shape index (κ3) is 4.69. The van der Waals surface area contributed by atoms with Gasteiger partial charge in [0.25, 0.3) is 0 Å². The summed E-state index contributed by atoms with van der Waals surface area (Å²) in [6, 6.07) is 51.6. The molecule has 0 fully saturated rings. The maximum atomic E-state index is 6.06. The van der Waals surface area contributed by atoms with Crippen LogP contribution in [0.2, 0.25) is 0 Å². The quantitative estimate of drug-likeness (QED) is 0.185. The molecule has 0 aliphatic heterocycles. The van der Waals surface area contributed by atoms with Crippen LogP contribution in [-0.4, -0.2) is 0 Å². The van der Waals surface area contributed by atoms with Gasteiger partial charge in [-0.25, -0.2) is 0 Å². The third-order valence-corrected chi connectivity index (χ3v) is 16.1. The van der Waals surface area contributed by atoms with E-state index in [1.165, 1.54) is 27.0 Å². The van der Waals surface area contributed by atoms with Crippen molar-refractivity contribution in [3.63, 3.8) is 0 Å². The molecule has 5 aromatic carbocycles. The van der Waals surface area contributed by atoms with E-state index >= 15 is 0 Å². The van der Waals surface area contributed by atoms with Crippen molar-refractivity contribution in [1.82, 2.24) is 0 Å². The van der Waals surface area contributed by atoms with Crippen LogP contribution in [-0.2, 0) is 12.8 Å². The van der Waals surface area contributed by atoms with Gasteiger partial charge < -0.3 is 0 Å². The average molecular weight is 539 g/mol. The molecule has 0 amide bonds. The summed E-state index contributed by atoms with van der Waals surface area (Å²) in [4.78, 5) is 0. The molecule has 0 saturated heterocycles. The first-order valence-corrected chi connectivity index (χ1v) is 16.3. The first kappa shape index (κ1) is 23.5. The molecule has 0 aromatic heterocycles. The van der Waals surface area contributed by atoms with Crippen LogP contribution in [0.15, 0.2) is 146 Å². The van der Waals surface area contributed by atoms with Crippen molar-refractivity contribution < 1.29 is 4.74 Å². The summed E-state index contributed by atoms with van der Waals surface area (Å²) in [6.07, 6.45) is 0.864. The predicted molar refractivity (Wildman–Crippen MR) is 155 cm³/mol. The van der Waals surface area contributed by atoms with Gasteiger partial charge in [-0.05, 0) is 0 Å². The Balaban J connectivity index is 1.57. The normalized spacial score (nSPS) is 12.4. The molecule has 0 spiro atoms. The van der Waals surface area contributed by atoms with E-state index < -0.39 is 5.31 Å². The van der Waals surface area contributed by atoms with Gasteiger partial charge in [-0.2, -0.15) is 0 Å². The molecule has 0 radical (unpaired) electrons. The summed E-state index contributed by atoms with van der Waals surface area (Å²) in [6.45, 7) is 0.566. The second-order valence-electron chi connectivity index (χ2n) is 8.77. The fraction of sp³-hybridized carbons (Fsp3) is 0.0625. The van der Waals surface area contributed by atoms with E-state index in [1.54, 1.807) is 0 Å². The SMILES string of the molecule is BrP(Cc1ccc(OCc2ccccc2)cc1)(c1ccccc1)(c1ccccc1)c1ccccc1. The molecule has 0 unspecified atom stereocenters. The summed E-state index contributed by atoms with van der Waals surface area (Å²) >= 11 is 4.53. The molecule has 0 saturated carbocycles. The second kappa shape index (κ2) is 10.2. The van der Waals surface area contributed by atoms with Crippen LogP contribution in [0.5, 0.6) is 5.75 Å². The molecule has 5 aromatic rings. The first-order chi connectivity index (χ1) is 17.2. The van der Waals surface area contributed by atoms with Gasteiger partial charge in [-0.3, -0.25) is 0 Å². The van der Waals surface area contributed by atoms with Crippen molar-refractivity contribution in [2.45, 2.75) is 12.8 Å². The van der Waals surface area contributed by atoms with Gasteiger partial charge in [0.1, 0.15) is 0 Å². The number of hydrogen-bond acceptors (Lipinski definition) is 1. The first-order valence-electron chi connectivity index (χ1n) is 11.8. The Labute approximate surface area is 216 Å². The number of hydrogen-bond donors (Lipinski definition) is 0. The summed E-state index contributed by atoms with van der Waals surface area (Å²) in [5.41, 5.74) is 2.43. The fourth-order valence-electron chi connectivity index (χ4n) is 4.71. The van der Waals surface area contributed by atoms with Crippen LogP contribution in [0.25, 0.3) is 0 Å². The Hall–Kier alpha value is -3.19. The van der Waals surface area contributed by atoms with E-state index in [2.05, 4.69) is 143 Å². The molecule has 0 aliphatic rings. The van der Waals surface area contributed by atoms with E-state index in [0.717, 1.165) is 11.9 Å². The van der Waals surface area contributed by atoms with Crippen molar-refractivity contribution in [3.05, 3.63) is 157 Å². The van der Waals surface area contributed by atoms with E-state index in [0.29, 0.717) is 6.61 Å².